The van der Waals surface area contributed by atoms with Gasteiger partial charge < -0.3 is 19.7 Å². The Bertz CT molecular complexity index is 721. The van der Waals surface area contributed by atoms with Crippen molar-refractivity contribution in [2.24, 2.45) is 0 Å². The first kappa shape index (κ1) is 19.5. The molecule has 25 heavy (non-hydrogen) atoms. The molecule has 6 heteroatoms. The van der Waals surface area contributed by atoms with Gasteiger partial charge in [0.25, 0.3) is 0 Å². The van der Waals surface area contributed by atoms with Crippen LogP contribution in [-0.2, 0) is 0 Å². The second-order valence-electron chi connectivity index (χ2n) is 7.08. The number of hydrogen-bond donors (Lipinski definition) is 2. The van der Waals surface area contributed by atoms with Gasteiger partial charge in [-0.2, -0.15) is 0 Å². The Labute approximate surface area is 154 Å². The molecule has 0 saturated carbocycles. The van der Waals surface area contributed by atoms with Crippen molar-refractivity contribution in [3.8, 4) is 5.75 Å². The van der Waals surface area contributed by atoms with E-state index in [0.717, 1.165) is 16.8 Å². The number of aliphatic hydroxyl groups is 1. The van der Waals surface area contributed by atoms with Crippen LogP contribution in [0.3, 0.4) is 0 Å². The summed E-state index contributed by atoms with van der Waals surface area (Å²) in [5, 5.41) is 13.9. The Morgan fingerprint density at radius 2 is 2.16 bits per heavy atom. The lowest BCUT2D eigenvalue weighted by Crippen LogP contribution is -2.42. The monoisotopic (exact) mass is 363 g/mol. The second-order valence-corrected chi connectivity index (χ2v) is 7.49. The van der Waals surface area contributed by atoms with Crippen LogP contribution in [0.15, 0.2) is 37.4 Å². The predicted molar refractivity (Wildman–Crippen MR) is 102 cm³/mol. The molecule has 2 N–H and O–H groups in total. The molecule has 0 radical (unpaired) electrons. The molecule has 1 aromatic carbocycles. The zero-order valence-corrected chi connectivity index (χ0v) is 16.0. The molecule has 136 valence electrons. The summed E-state index contributed by atoms with van der Waals surface area (Å²) in [5.74, 6) is 0.523. The van der Waals surface area contributed by atoms with E-state index in [-0.39, 0.29) is 12.1 Å². The summed E-state index contributed by atoms with van der Waals surface area (Å²) in [5.41, 5.74) is 2.44. The Morgan fingerprint density at radius 1 is 1.44 bits per heavy atom. The fourth-order valence-corrected chi connectivity index (χ4v) is 2.58. The maximum Gasteiger partial charge on any atom is 0.147 e. The number of halogens is 1. The zero-order chi connectivity index (χ0) is 18.6. The number of rotatable bonds is 7. The maximum atomic E-state index is 10.2. The highest BCUT2D eigenvalue weighted by molar-refractivity contribution is 6.32. The van der Waals surface area contributed by atoms with Crippen molar-refractivity contribution in [3.63, 3.8) is 0 Å². The van der Waals surface area contributed by atoms with Gasteiger partial charge in [-0.25, -0.2) is 4.98 Å². The third-order valence-electron chi connectivity index (χ3n) is 3.71. The van der Waals surface area contributed by atoms with Gasteiger partial charge in [0.15, 0.2) is 0 Å². The molecule has 0 aliphatic heterocycles. The van der Waals surface area contributed by atoms with Crippen LogP contribution in [0.4, 0.5) is 0 Å². The van der Waals surface area contributed by atoms with Crippen LogP contribution in [0.5, 0.6) is 5.75 Å². The minimum Gasteiger partial charge on any atom is -0.489 e. The maximum absolute atomic E-state index is 10.2. The van der Waals surface area contributed by atoms with Crippen LogP contribution in [0.2, 0.25) is 5.02 Å². The number of aryl methyl sites for hydroxylation is 1. The van der Waals surface area contributed by atoms with Gasteiger partial charge in [-0.05, 0) is 39.3 Å². The highest BCUT2D eigenvalue weighted by Gasteiger charge is 2.18. The van der Waals surface area contributed by atoms with Crippen LogP contribution in [0.1, 0.15) is 31.9 Å². The van der Waals surface area contributed by atoms with Crippen molar-refractivity contribution in [2.75, 3.05) is 13.2 Å². The number of nitrogens with zero attached hydrogens (tertiary/aromatic N) is 2. The molecule has 0 spiro atoms. The number of aromatic nitrogens is 2. The molecule has 0 saturated heterocycles. The summed E-state index contributed by atoms with van der Waals surface area (Å²) >= 11 is 6.35. The fourth-order valence-electron chi connectivity index (χ4n) is 2.37. The van der Waals surface area contributed by atoms with E-state index in [1.807, 2.05) is 44.5 Å². The molecule has 0 bridgehead atoms. The van der Waals surface area contributed by atoms with Gasteiger partial charge >= 0.3 is 0 Å². The first-order valence-corrected chi connectivity index (χ1v) is 8.59. The molecule has 0 aliphatic carbocycles. The second kappa shape index (κ2) is 8.04. The standard InChI is InChI=1S/C19H26ClN3O2/c1-13-6-7-16(20)18(17(13)14(2)23-9-8-21-12-23)25-11-15(24)10-22-19(3,4)5/h6-9,12,15,22,24H,2,10-11H2,1,3-5H3. The number of nitrogens with one attached hydrogen (secondary N) is 1. The average Bonchev–Trinajstić information content (AvgIpc) is 3.06. The van der Waals surface area contributed by atoms with Crippen molar-refractivity contribution in [1.82, 2.24) is 14.9 Å². The topological polar surface area (TPSA) is 59.3 Å². The van der Waals surface area contributed by atoms with Crippen LogP contribution in [0, 0.1) is 6.92 Å². The van der Waals surface area contributed by atoms with E-state index in [2.05, 4.69) is 16.9 Å². The zero-order valence-electron chi connectivity index (χ0n) is 15.2. The van der Waals surface area contributed by atoms with Gasteiger partial charge in [0.1, 0.15) is 18.5 Å². The molecule has 5 nitrogen and oxygen atoms in total. The third kappa shape index (κ3) is 5.33. The molecule has 2 rings (SSSR count). The van der Waals surface area contributed by atoms with E-state index in [9.17, 15) is 5.11 Å². The van der Waals surface area contributed by atoms with Crippen molar-refractivity contribution in [3.05, 3.63) is 53.6 Å². The van der Waals surface area contributed by atoms with E-state index < -0.39 is 6.10 Å². The normalized spacial score (nSPS) is 12.9. The molecule has 0 fully saturated rings. The van der Waals surface area contributed by atoms with Crippen molar-refractivity contribution >= 4 is 17.3 Å². The molecule has 2 aromatic rings. The van der Waals surface area contributed by atoms with Gasteiger partial charge in [0.2, 0.25) is 0 Å². The summed E-state index contributed by atoms with van der Waals surface area (Å²) in [4.78, 5) is 4.05. The highest BCUT2D eigenvalue weighted by Crippen LogP contribution is 2.36. The largest absolute Gasteiger partial charge is 0.489 e. The van der Waals surface area contributed by atoms with E-state index in [1.54, 1.807) is 18.6 Å². The fraction of sp³-hybridized carbons (Fsp3) is 0.421. The number of ether oxygens (including phenoxy) is 1. The predicted octanol–water partition coefficient (Wildman–Crippen LogP) is 3.49. The lowest BCUT2D eigenvalue weighted by molar-refractivity contribution is 0.0999. The van der Waals surface area contributed by atoms with Crippen molar-refractivity contribution < 1.29 is 9.84 Å². The van der Waals surface area contributed by atoms with E-state index >= 15 is 0 Å². The van der Waals surface area contributed by atoms with Gasteiger partial charge in [-0.15, -0.1) is 0 Å². The first-order chi connectivity index (χ1) is 11.7. The van der Waals surface area contributed by atoms with Gasteiger partial charge in [0, 0.05) is 30.0 Å². The van der Waals surface area contributed by atoms with Gasteiger partial charge in [0.05, 0.1) is 17.0 Å². The summed E-state index contributed by atoms with van der Waals surface area (Å²) in [6.45, 7) is 12.8. The SMILES string of the molecule is C=C(c1c(C)ccc(Cl)c1OCC(O)CNC(C)(C)C)n1ccnc1. The van der Waals surface area contributed by atoms with Crippen molar-refractivity contribution in [1.29, 1.82) is 0 Å². The average molecular weight is 364 g/mol. The molecular weight excluding hydrogens is 338 g/mol. The van der Waals surface area contributed by atoms with E-state index in [4.69, 9.17) is 16.3 Å². The first-order valence-electron chi connectivity index (χ1n) is 8.21. The third-order valence-corrected chi connectivity index (χ3v) is 4.01. The minimum absolute atomic E-state index is 0.0666. The lowest BCUT2D eigenvalue weighted by atomic mass is 10.0. The minimum atomic E-state index is -0.648. The molecular formula is C19H26ClN3O2. The number of β-amino-alcohol motifs (C(OH)–C–C–N with tert-alkyl or cyclic N) is 1. The highest BCUT2D eigenvalue weighted by atomic mass is 35.5. The number of hydrogen-bond acceptors (Lipinski definition) is 4. The molecule has 1 unspecified atom stereocenters. The Balaban J connectivity index is 2.17. The quantitative estimate of drug-likeness (QED) is 0.790. The Hall–Kier alpha value is -1.82. The van der Waals surface area contributed by atoms with Gasteiger partial charge in [-0.3, -0.25) is 0 Å². The Morgan fingerprint density at radius 3 is 2.76 bits per heavy atom. The van der Waals surface area contributed by atoms with Crippen molar-refractivity contribution in [2.45, 2.75) is 39.3 Å². The number of imidazole rings is 1. The van der Waals surface area contributed by atoms with Crippen LogP contribution < -0.4 is 10.1 Å². The summed E-state index contributed by atoms with van der Waals surface area (Å²) in [7, 11) is 0. The molecule has 1 aromatic heterocycles. The summed E-state index contributed by atoms with van der Waals surface area (Å²) in [6, 6.07) is 3.71. The number of benzene rings is 1. The van der Waals surface area contributed by atoms with Gasteiger partial charge in [-0.1, -0.05) is 24.2 Å². The van der Waals surface area contributed by atoms with Crippen LogP contribution >= 0.6 is 11.6 Å². The van der Waals surface area contributed by atoms with E-state index in [0.29, 0.717) is 17.3 Å². The molecule has 0 amide bonds. The lowest BCUT2D eigenvalue weighted by Gasteiger charge is -2.24. The molecule has 1 atom stereocenters. The van der Waals surface area contributed by atoms with Crippen LogP contribution in [-0.4, -0.2) is 39.5 Å². The number of aliphatic hydroxyl groups excluding tert-OH is 1. The van der Waals surface area contributed by atoms with Crippen LogP contribution in [0.25, 0.3) is 5.70 Å². The molecule has 0 aliphatic rings. The van der Waals surface area contributed by atoms with E-state index in [1.165, 1.54) is 0 Å². The molecule has 1 heterocycles. The Kier molecular flexibility index (Phi) is 6.27. The summed E-state index contributed by atoms with van der Waals surface area (Å²) < 4.78 is 7.69. The smallest absolute Gasteiger partial charge is 0.147 e. The summed E-state index contributed by atoms with van der Waals surface area (Å²) in [6.07, 6.45) is 4.53.